The number of Topliss-reactive ketones (excluding diaryl/α,β-unsaturated/α-hetero) is 1. The molecule has 1 unspecified atom stereocenters. The summed E-state index contributed by atoms with van der Waals surface area (Å²) in [4.78, 5) is 28.4. The van der Waals surface area contributed by atoms with Gasteiger partial charge in [-0.15, -0.1) is 0 Å². The minimum atomic E-state index is -0.830. The molecule has 1 saturated heterocycles. The quantitative estimate of drug-likeness (QED) is 0.402. The van der Waals surface area contributed by atoms with Gasteiger partial charge in [-0.3, -0.25) is 9.59 Å². The van der Waals surface area contributed by atoms with E-state index in [0.717, 1.165) is 10.5 Å². The summed E-state index contributed by atoms with van der Waals surface area (Å²) in [6, 6.07) is 8.98. The molecule has 1 amide bonds. The number of amides is 1. The number of likely N-dealkylation sites (tertiary alicyclic amines) is 1. The van der Waals surface area contributed by atoms with Gasteiger partial charge in [-0.05, 0) is 47.9 Å². The molecular formula is C23H24Cl2N2O4. The van der Waals surface area contributed by atoms with Gasteiger partial charge >= 0.3 is 0 Å². The fourth-order valence-corrected chi connectivity index (χ4v) is 3.96. The van der Waals surface area contributed by atoms with Crippen LogP contribution < -0.4 is 14.7 Å². The number of ketones is 1. The molecule has 2 aromatic rings. The first-order valence-electron chi connectivity index (χ1n) is 9.81. The Bertz CT molecular complexity index is 1070. The second-order valence-electron chi connectivity index (χ2n) is 7.79. The summed E-state index contributed by atoms with van der Waals surface area (Å²) in [5.41, 5.74) is 1.56. The molecule has 164 valence electrons. The van der Waals surface area contributed by atoms with E-state index < -0.39 is 23.5 Å². The van der Waals surface area contributed by atoms with Gasteiger partial charge in [-0.25, -0.2) is 0 Å². The van der Waals surface area contributed by atoms with E-state index in [4.69, 9.17) is 27.9 Å². The Balaban J connectivity index is 2.18. The number of methoxy groups -OCH3 is 1. The van der Waals surface area contributed by atoms with Crippen molar-refractivity contribution in [2.75, 3.05) is 34.3 Å². The van der Waals surface area contributed by atoms with Gasteiger partial charge in [0.05, 0.1) is 50.4 Å². The molecule has 0 bridgehead atoms. The third-order valence-electron chi connectivity index (χ3n) is 5.30. The maximum atomic E-state index is 13.4. The molecule has 0 aliphatic carbocycles. The Labute approximate surface area is 191 Å². The largest absolute Gasteiger partial charge is 0.872 e. The molecule has 0 aromatic heterocycles. The van der Waals surface area contributed by atoms with Crippen LogP contribution in [0.5, 0.6) is 5.75 Å². The normalized spacial score (nSPS) is 18.2. The Hall–Kier alpha value is -2.54. The zero-order valence-electron chi connectivity index (χ0n) is 17.8. The van der Waals surface area contributed by atoms with Crippen molar-refractivity contribution in [2.24, 2.45) is 0 Å². The Kier molecular flexibility index (Phi) is 6.94. The van der Waals surface area contributed by atoms with Crippen LogP contribution in [0.4, 0.5) is 0 Å². The fourth-order valence-electron chi connectivity index (χ4n) is 3.65. The topological polar surface area (TPSA) is 74.1 Å². The number of likely N-dealkylation sites (N-methyl/N-ethyl adjacent to an activating group) is 1. The number of hydrogen-bond acceptors (Lipinski definition) is 4. The van der Waals surface area contributed by atoms with Gasteiger partial charge in [0.1, 0.15) is 5.75 Å². The van der Waals surface area contributed by atoms with Crippen LogP contribution in [0.3, 0.4) is 0 Å². The molecule has 8 heteroatoms. The number of halogens is 2. The van der Waals surface area contributed by atoms with Crippen LogP contribution >= 0.6 is 23.2 Å². The number of rotatable bonds is 6. The molecule has 1 atom stereocenters. The van der Waals surface area contributed by atoms with Crippen LogP contribution in [0.2, 0.25) is 10.0 Å². The predicted octanol–water partition coefficient (Wildman–Crippen LogP) is 1.68. The van der Waals surface area contributed by atoms with Crippen LogP contribution in [0.25, 0.3) is 5.76 Å². The smallest absolute Gasteiger partial charge is 0.295 e. The number of aryl methyl sites for hydroxylation is 1. The highest BCUT2D eigenvalue weighted by molar-refractivity contribution is 6.46. The van der Waals surface area contributed by atoms with Gasteiger partial charge in [0.15, 0.2) is 0 Å². The van der Waals surface area contributed by atoms with Gasteiger partial charge < -0.3 is 19.6 Å². The van der Waals surface area contributed by atoms with Crippen LogP contribution in [0, 0.1) is 6.92 Å². The molecule has 0 spiro atoms. The summed E-state index contributed by atoms with van der Waals surface area (Å²) in [5, 5.41) is 14.1. The Morgan fingerprint density at radius 2 is 1.84 bits per heavy atom. The highest BCUT2D eigenvalue weighted by Crippen LogP contribution is 2.40. The van der Waals surface area contributed by atoms with Crippen molar-refractivity contribution >= 4 is 40.7 Å². The summed E-state index contributed by atoms with van der Waals surface area (Å²) in [6.45, 7) is 2.74. The van der Waals surface area contributed by atoms with E-state index >= 15 is 0 Å². The molecule has 1 aliphatic heterocycles. The van der Waals surface area contributed by atoms with Crippen LogP contribution in [-0.2, 0) is 9.59 Å². The summed E-state index contributed by atoms with van der Waals surface area (Å²) >= 11 is 12.3. The third kappa shape index (κ3) is 4.56. The van der Waals surface area contributed by atoms with E-state index in [1.54, 1.807) is 43.5 Å². The average molecular weight is 463 g/mol. The van der Waals surface area contributed by atoms with Gasteiger partial charge in [-0.2, -0.15) is 0 Å². The molecule has 2 aromatic carbocycles. The molecule has 1 aliphatic rings. The minimum Gasteiger partial charge on any atom is -0.872 e. The lowest BCUT2D eigenvalue weighted by Gasteiger charge is -2.28. The number of quaternary nitrogens is 1. The first-order chi connectivity index (χ1) is 14.6. The van der Waals surface area contributed by atoms with Crippen molar-refractivity contribution in [3.05, 3.63) is 68.7 Å². The van der Waals surface area contributed by atoms with Crippen molar-refractivity contribution < 1.29 is 24.3 Å². The predicted molar refractivity (Wildman–Crippen MR) is 118 cm³/mol. The van der Waals surface area contributed by atoms with E-state index in [0.29, 0.717) is 35.0 Å². The molecular weight excluding hydrogens is 439 g/mol. The number of benzene rings is 2. The molecule has 1 N–H and O–H groups in total. The van der Waals surface area contributed by atoms with Crippen LogP contribution in [-0.4, -0.2) is 50.9 Å². The highest BCUT2D eigenvalue weighted by atomic mass is 35.5. The van der Waals surface area contributed by atoms with Crippen molar-refractivity contribution in [1.82, 2.24) is 4.90 Å². The molecule has 6 nitrogen and oxygen atoms in total. The van der Waals surface area contributed by atoms with Crippen LogP contribution in [0.15, 0.2) is 42.0 Å². The third-order valence-corrected chi connectivity index (χ3v) is 6.04. The van der Waals surface area contributed by atoms with Crippen molar-refractivity contribution in [1.29, 1.82) is 0 Å². The molecule has 0 radical (unpaired) electrons. The second-order valence-corrected chi connectivity index (χ2v) is 8.60. The number of hydrogen-bond donors (Lipinski definition) is 1. The van der Waals surface area contributed by atoms with E-state index in [9.17, 15) is 14.7 Å². The Morgan fingerprint density at radius 3 is 2.42 bits per heavy atom. The summed E-state index contributed by atoms with van der Waals surface area (Å²) < 4.78 is 5.25. The number of nitrogens with one attached hydrogen (secondary N) is 1. The summed E-state index contributed by atoms with van der Waals surface area (Å²) in [6.07, 6.45) is 0. The zero-order chi connectivity index (χ0) is 22.9. The zero-order valence-corrected chi connectivity index (χ0v) is 19.3. The number of ether oxygens (including phenoxy) is 1. The van der Waals surface area contributed by atoms with E-state index in [2.05, 4.69) is 0 Å². The lowest BCUT2D eigenvalue weighted by atomic mass is 9.94. The van der Waals surface area contributed by atoms with Crippen molar-refractivity contribution in [3.63, 3.8) is 0 Å². The fraction of sp³-hybridized carbons (Fsp3) is 0.304. The minimum absolute atomic E-state index is 0.0817. The molecule has 1 fully saturated rings. The monoisotopic (exact) mass is 462 g/mol. The standard InChI is InChI=1S/C23H24Cl2N2O4/c1-13-11-15(6-8-18(13)31-4)21(28)19-20(14-5-7-16(24)17(25)12-14)27(10-9-26(2)3)23(30)22(19)29/h5-8,11-12,20,28H,9-10H2,1-4H3. The van der Waals surface area contributed by atoms with Crippen molar-refractivity contribution in [2.45, 2.75) is 13.0 Å². The first kappa shape index (κ1) is 23.1. The van der Waals surface area contributed by atoms with Gasteiger partial charge in [0, 0.05) is 5.57 Å². The number of carbonyl (C=O) groups excluding carboxylic acids is 2. The maximum absolute atomic E-state index is 13.4. The molecule has 1 heterocycles. The van der Waals surface area contributed by atoms with Gasteiger partial charge in [-0.1, -0.05) is 41.1 Å². The average Bonchev–Trinajstić information content (AvgIpc) is 2.98. The second kappa shape index (κ2) is 9.30. The van der Waals surface area contributed by atoms with Crippen molar-refractivity contribution in [3.8, 4) is 5.75 Å². The van der Waals surface area contributed by atoms with E-state index in [1.165, 1.54) is 4.90 Å². The Morgan fingerprint density at radius 1 is 1.13 bits per heavy atom. The molecule has 31 heavy (non-hydrogen) atoms. The SMILES string of the molecule is COc1ccc(C([O-])=C2C(=O)C(=O)N(CC[NH+](C)C)C2c2ccc(Cl)c(Cl)c2)cc1C. The van der Waals surface area contributed by atoms with E-state index in [1.807, 2.05) is 21.0 Å². The number of carbonyl (C=O) groups is 2. The first-order valence-corrected chi connectivity index (χ1v) is 10.6. The van der Waals surface area contributed by atoms with Gasteiger partial charge in [0.2, 0.25) is 5.78 Å². The lowest BCUT2D eigenvalue weighted by molar-refractivity contribution is -0.857. The lowest BCUT2D eigenvalue weighted by Crippen LogP contribution is -3.06. The summed E-state index contributed by atoms with van der Waals surface area (Å²) in [7, 11) is 5.45. The highest BCUT2D eigenvalue weighted by Gasteiger charge is 2.44. The van der Waals surface area contributed by atoms with E-state index in [-0.39, 0.29) is 10.6 Å². The number of nitrogens with zero attached hydrogens (tertiary/aromatic N) is 1. The summed E-state index contributed by atoms with van der Waals surface area (Å²) in [5.74, 6) is -1.33. The maximum Gasteiger partial charge on any atom is 0.295 e. The van der Waals surface area contributed by atoms with Crippen LogP contribution in [0.1, 0.15) is 22.7 Å². The molecule has 0 saturated carbocycles. The molecule has 3 rings (SSSR count). The van der Waals surface area contributed by atoms with Gasteiger partial charge in [0.25, 0.3) is 5.91 Å².